The molecule has 0 aliphatic carbocycles. The molecule has 0 aliphatic rings. The van der Waals surface area contributed by atoms with Crippen LogP contribution in [0.3, 0.4) is 0 Å². The summed E-state index contributed by atoms with van der Waals surface area (Å²) in [6.07, 6.45) is 0. The number of thiophene rings is 1. The molecule has 1 N–H and O–H groups in total. The molecule has 2 aromatic rings. The van der Waals surface area contributed by atoms with Gasteiger partial charge in [-0.25, -0.2) is 4.79 Å². The van der Waals surface area contributed by atoms with Crippen molar-refractivity contribution in [2.75, 3.05) is 0 Å². The van der Waals surface area contributed by atoms with Gasteiger partial charge >= 0.3 is 5.97 Å². The summed E-state index contributed by atoms with van der Waals surface area (Å²) in [4.78, 5) is 12.2. The summed E-state index contributed by atoms with van der Waals surface area (Å²) in [5.74, 6) is -0.888. The lowest BCUT2D eigenvalue weighted by Crippen LogP contribution is -1.89. The first-order valence-corrected chi connectivity index (χ1v) is 5.87. The number of hydrogen-bond acceptors (Lipinski definition) is 2. The molecule has 0 saturated heterocycles. The second-order valence-corrected chi connectivity index (χ2v) is 4.93. The number of aromatic carboxylic acids is 1. The number of carboxylic acids is 1. The highest BCUT2D eigenvalue weighted by molar-refractivity contribution is 7.17. The van der Waals surface area contributed by atoms with Crippen LogP contribution in [0, 0.1) is 6.92 Å². The molecule has 0 unspecified atom stereocenters. The maximum atomic E-state index is 10.8. The first kappa shape index (κ1) is 11.2. The first-order valence-electron chi connectivity index (χ1n) is 4.67. The standard InChI is InChI=1S/C12H9ClO2S/c1-7-5-10(12(14)15)16-11(7)8-3-2-4-9(13)6-8/h2-6H,1H3,(H,14,15). The maximum absolute atomic E-state index is 10.8. The van der Waals surface area contributed by atoms with Crippen LogP contribution in [0.4, 0.5) is 0 Å². The molecular formula is C12H9ClO2S. The van der Waals surface area contributed by atoms with Crippen LogP contribution in [-0.4, -0.2) is 11.1 Å². The Bertz CT molecular complexity index is 546. The Morgan fingerprint density at radius 1 is 1.38 bits per heavy atom. The summed E-state index contributed by atoms with van der Waals surface area (Å²) >= 11 is 7.18. The normalized spacial score (nSPS) is 10.4. The third-order valence-corrected chi connectivity index (χ3v) is 3.72. The fourth-order valence-electron chi connectivity index (χ4n) is 1.50. The molecule has 2 rings (SSSR count). The fraction of sp³-hybridized carbons (Fsp3) is 0.0833. The number of aryl methyl sites for hydroxylation is 1. The van der Waals surface area contributed by atoms with Crippen molar-refractivity contribution in [3.8, 4) is 10.4 Å². The molecule has 1 heterocycles. The average molecular weight is 253 g/mol. The van der Waals surface area contributed by atoms with E-state index in [1.54, 1.807) is 12.1 Å². The van der Waals surface area contributed by atoms with Gasteiger partial charge in [0, 0.05) is 9.90 Å². The molecule has 0 bridgehead atoms. The van der Waals surface area contributed by atoms with E-state index in [-0.39, 0.29) is 0 Å². The molecule has 0 aliphatic heterocycles. The minimum absolute atomic E-state index is 0.354. The molecule has 1 aromatic carbocycles. The van der Waals surface area contributed by atoms with Crippen molar-refractivity contribution < 1.29 is 9.90 Å². The first-order chi connectivity index (χ1) is 7.58. The Kier molecular flexibility index (Phi) is 2.99. The van der Waals surface area contributed by atoms with Crippen LogP contribution in [0.15, 0.2) is 30.3 Å². The highest BCUT2D eigenvalue weighted by Gasteiger charge is 2.12. The van der Waals surface area contributed by atoms with Crippen molar-refractivity contribution in [1.82, 2.24) is 0 Å². The van der Waals surface area contributed by atoms with E-state index in [9.17, 15) is 4.79 Å². The quantitative estimate of drug-likeness (QED) is 0.875. The Balaban J connectivity index is 2.52. The van der Waals surface area contributed by atoms with Crippen LogP contribution in [-0.2, 0) is 0 Å². The number of hydrogen-bond donors (Lipinski definition) is 1. The molecule has 0 atom stereocenters. The van der Waals surface area contributed by atoms with Gasteiger partial charge < -0.3 is 5.11 Å². The highest BCUT2D eigenvalue weighted by Crippen LogP contribution is 2.33. The average Bonchev–Trinajstić information content (AvgIpc) is 2.60. The van der Waals surface area contributed by atoms with E-state index in [1.165, 1.54) is 11.3 Å². The molecule has 0 radical (unpaired) electrons. The van der Waals surface area contributed by atoms with Gasteiger partial charge in [-0.1, -0.05) is 23.7 Å². The molecule has 1 aromatic heterocycles. The third kappa shape index (κ3) is 2.10. The molecule has 0 spiro atoms. The van der Waals surface area contributed by atoms with Crippen LogP contribution in [0.1, 0.15) is 15.2 Å². The van der Waals surface area contributed by atoms with Gasteiger partial charge in [0.15, 0.2) is 0 Å². The SMILES string of the molecule is Cc1cc(C(=O)O)sc1-c1cccc(Cl)c1. The van der Waals surface area contributed by atoms with Crippen molar-refractivity contribution in [3.63, 3.8) is 0 Å². The lowest BCUT2D eigenvalue weighted by Gasteiger charge is -1.99. The Morgan fingerprint density at radius 3 is 2.69 bits per heavy atom. The molecule has 4 heteroatoms. The molecule has 0 saturated carbocycles. The predicted molar refractivity (Wildman–Crippen MR) is 66.5 cm³/mol. The summed E-state index contributed by atoms with van der Waals surface area (Å²) in [6, 6.07) is 9.11. The minimum atomic E-state index is -0.888. The Hall–Kier alpha value is -1.32. The monoisotopic (exact) mass is 252 g/mol. The molecule has 82 valence electrons. The largest absolute Gasteiger partial charge is 0.477 e. The van der Waals surface area contributed by atoms with E-state index in [1.807, 2.05) is 25.1 Å². The van der Waals surface area contributed by atoms with E-state index in [0.717, 1.165) is 16.0 Å². The van der Waals surface area contributed by atoms with Crippen LogP contribution < -0.4 is 0 Å². The van der Waals surface area contributed by atoms with E-state index in [0.29, 0.717) is 9.90 Å². The lowest BCUT2D eigenvalue weighted by molar-refractivity contribution is 0.0702. The lowest BCUT2D eigenvalue weighted by atomic mass is 10.1. The fourth-order valence-corrected chi connectivity index (χ4v) is 2.70. The van der Waals surface area contributed by atoms with E-state index < -0.39 is 5.97 Å². The van der Waals surface area contributed by atoms with Gasteiger partial charge in [0.05, 0.1) is 0 Å². The van der Waals surface area contributed by atoms with Gasteiger partial charge in [-0.2, -0.15) is 0 Å². The zero-order valence-corrected chi connectivity index (χ0v) is 10.1. The van der Waals surface area contributed by atoms with Crippen LogP contribution >= 0.6 is 22.9 Å². The predicted octanol–water partition coefficient (Wildman–Crippen LogP) is 4.08. The van der Waals surface area contributed by atoms with Crippen LogP contribution in [0.2, 0.25) is 5.02 Å². The van der Waals surface area contributed by atoms with Crippen LogP contribution in [0.25, 0.3) is 10.4 Å². The van der Waals surface area contributed by atoms with Crippen molar-refractivity contribution in [2.24, 2.45) is 0 Å². The number of halogens is 1. The summed E-state index contributed by atoms with van der Waals surface area (Å²) in [6.45, 7) is 1.90. The second-order valence-electron chi connectivity index (χ2n) is 3.44. The van der Waals surface area contributed by atoms with Gasteiger partial charge in [0.1, 0.15) is 4.88 Å². The Morgan fingerprint density at radius 2 is 2.12 bits per heavy atom. The van der Waals surface area contributed by atoms with E-state index in [4.69, 9.17) is 16.7 Å². The van der Waals surface area contributed by atoms with Gasteiger partial charge in [-0.15, -0.1) is 11.3 Å². The number of rotatable bonds is 2. The number of carboxylic acid groups (broad SMARTS) is 1. The molecule has 16 heavy (non-hydrogen) atoms. The number of carbonyl (C=O) groups is 1. The summed E-state index contributed by atoms with van der Waals surface area (Å²) in [5, 5.41) is 9.56. The van der Waals surface area contributed by atoms with E-state index in [2.05, 4.69) is 0 Å². The molecule has 0 fully saturated rings. The van der Waals surface area contributed by atoms with Crippen molar-refractivity contribution >= 4 is 28.9 Å². The molecule has 2 nitrogen and oxygen atoms in total. The maximum Gasteiger partial charge on any atom is 0.345 e. The smallest absolute Gasteiger partial charge is 0.345 e. The van der Waals surface area contributed by atoms with Crippen molar-refractivity contribution in [2.45, 2.75) is 6.92 Å². The molecular weight excluding hydrogens is 244 g/mol. The zero-order valence-electron chi connectivity index (χ0n) is 8.53. The third-order valence-electron chi connectivity index (χ3n) is 2.22. The Labute approximate surface area is 102 Å². The zero-order chi connectivity index (χ0) is 11.7. The van der Waals surface area contributed by atoms with Gasteiger partial charge in [0.25, 0.3) is 0 Å². The van der Waals surface area contributed by atoms with Gasteiger partial charge in [0.2, 0.25) is 0 Å². The number of benzene rings is 1. The summed E-state index contributed by atoms with van der Waals surface area (Å²) < 4.78 is 0. The van der Waals surface area contributed by atoms with Crippen molar-refractivity contribution in [3.05, 3.63) is 45.8 Å². The van der Waals surface area contributed by atoms with Gasteiger partial charge in [-0.3, -0.25) is 0 Å². The molecule has 0 amide bonds. The van der Waals surface area contributed by atoms with Crippen LogP contribution in [0.5, 0.6) is 0 Å². The summed E-state index contributed by atoms with van der Waals surface area (Å²) in [7, 11) is 0. The van der Waals surface area contributed by atoms with Gasteiger partial charge in [-0.05, 0) is 36.2 Å². The second kappa shape index (κ2) is 4.28. The minimum Gasteiger partial charge on any atom is -0.477 e. The highest BCUT2D eigenvalue weighted by atomic mass is 35.5. The topological polar surface area (TPSA) is 37.3 Å². The summed E-state index contributed by atoms with van der Waals surface area (Å²) in [5.41, 5.74) is 1.92. The van der Waals surface area contributed by atoms with E-state index >= 15 is 0 Å². The van der Waals surface area contributed by atoms with Crippen molar-refractivity contribution in [1.29, 1.82) is 0 Å².